The second-order valence-corrected chi connectivity index (χ2v) is 3.31. The highest BCUT2D eigenvalue weighted by Gasteiger charge is 2.16. The molecule has 2 heterocycles. The highest BCUT2D eigenvalue weighted by molar-refractivity contribution is 5.88. The minimum absolute atomic E-state index is 0.542. The summed E-state index contributed by atoms with van der Waals surface area (Å²) in [7, 11) is 0. The van der Waals surface area contributed by atoms with E-state index in [1.54, 1.807) is 6.20 Å². The van der Waals surface area contributed by atoms with Crippen molar-refractivity contribution in [3.8, 4) is 5.75 Å². The third-order valence-electron chi connectivity index (χ3n) is 2.47. The molecule has 0 radical (unpaired) electrons. The molecular formula is C11H15N3O. The molecule has 0 saturated heterocycles. The number of amidine groups is 1. The molecule has 15 heavy (non-hydrogen) atoms. The Morgan fingerprint density at radius 1 is 1.40 bits per heavy atom. The number of likely N-dealkylation sites (N-methyl/N-ethyl adjacent to an activating group) is 1. The van der Waals surface area contributed by atoms with Crippen LogP contribution in [0, 0.1) is 0 Å². The molecule has 1 aliphatic rings. The number of aromatic nitrogens is 1. The lowest BCUT2D eigenvalue weighted by Crippen LogP contribution is -2.36. The van der Waals surface area contributed by atoms with Crippen molar-refractivity contribution < 1.29 is 4.74 Å². The van der Waals surface area contributed by atoms with Crippen molar-refractivity contribution in [3.63, 3.8) is 0 Å². The van der Waals surface area contributed by atoms with Crippen LogP contribution in [0.5, 0.6) is 5.75 Å². The number of hydrogen-bond acceptors (Lipinski definition) is 4. The van der Waals surface area contributed by atoms with Gasteiger partial charge >= 0.3 is 0 Å². The molecular weight excluding hydrogens is 190 g/mol. The number of aliphatic imine (C=N–C) groups is 1. The quantitative estimate of drug-likeness (QED) is 0.739. The number of nitrogens with zero attached hydrogens (tertiary/aromatic N) is 3. The van der Waals surface area contributed by atoms with Gasteiger partial charge in [0.25, 0.3) is 0 Å². The molecule has 0 aromatic carbocycles. The lowest BCUT2D eigenvalue weighted by molar-refractivity contribution is 0.335. The topological polar surface area (TPSA) is 37.7 Å². The fourth-order valence-corrected chi connectivity index (χ4v) is 1.63. The zero-order chi connectivity index (χ0) is 10.7. The third kappa shape index (κ3) is 1.93. The molecule has 0 spiro atoms. The molecule has 0 saturated carbocycles. The monoisotopic (exact) mass is 205 g/mol. The normalized spacial score (nSPS) is 13.9. The van der Waals surface area contributed by atoms with Gasteiger partial charge in [0.1, 0.15) is 12.4 Å². The maximum absolute atomic E-state index is 5.59. The van der Waals surface area contributed by atoms with Gasteiger partial charge in [-0.2, -0.15) is 0 Å². The van der Waals surface area contributed by atoms with E-state index < -0.39 is 0 Å². The smallest absolute Gasteiger partial charge is 0.196 e. The summed E-state index contributed by atoms with van der Waals surface area (Å²) in [5.74, 6) is 2.42. The van der Waals surface area contributed by atoms with Crippen molar-refractivity contribution in [2.45, 2.75) is 13.8 Å². The molecule has 0 amide bonds. The van der Waals surface area contributed by atoms with Gasteiger partial charge < -0.3 is 9.64 Å². The van der Waals surface area contributed by atoms with Gasteiger partial charge in [-0.25, -0.2) is 9.98 Å². The molecule has 0 unspecified atom stereocenters. The number of rotatable bonds is 2. The summed E-state index contributed by atoms with van der Waals surface area (Å²) in [5.41, 5.74) is 0. The summed E-state index contributed by atoms with van der Waals surface area (Å²) >= 11 is 0. The molecule has 4 nitrogen and oxygen atoms in total. The van der Waals surface area contributed by atoms with Crippen LogP contribution >= 0.6 is 0 Å². The van der Waals surface area contributed by atoms with Crippen LogP contribution < -0.4 is 4.74 Å². The average Bonchev–Trinajstić information content (AvgIpc) is 2.30. The number of fused-ring (bicyclic) bond motifs is 1. The fourth-order valence-electron chi connectivity index (χ4n) is 1.63. The molecule has 0 aliphatic carbocycles. The molecule has 2 rings (SSSR count). The van der Waals surface area contributed by atoms with E-state index >= 15 is 0 Å². The van der Waals surface area contributed by atoms with Crippen molar-refractivity contribution in [2.75, 3.05) is 19.7 Å². The predicted octanol–water partition coefficient (Wildman–Crippen LogP) is 1.85. The summed E-state index contributed by atoms with van der Waals surface area (Å²) < 4.78 is 5.59. The lowest BCUT2D eigenvalue weighted by Gasteiger charge is -2.25. The summed E-state index contributed by atoms with van der Waals surface area (Å²) in [5, 5.41) is 0. The van der Waals surface area contributed by atoms with Crippen LogP contribution in [-0.2, 0) is 0 Å². The Labute approximate surface area is 89.6 Å². The predicted molar refractivity (Wildman–Crippen MR) is 59.7 cm³/mol. The molecule has 4 heteroatoms. The van der Waals surface area contributed by atoms with E-state index in [0.29, 0.717) is 12.4 Å². The molecule has 1 aromatic rings. The standard InChI is InChI=1S/C11H15N3O/c1-3-14(4-2)10-8-15-9-6-5-7-12-11(9)13-10/h5-7H,3-4,8H2,1-2H3. The highest BCUT2D eigenvalue weighted by Crippen LogP contribution is 2.27. The van der Waals surface area contributed by atoms with E-state index in [9.17, 15) is 0 Å². The Morgan fingerprint density at radius 2 is 2.20 bits per heavy atom. The average molecular weight is 205 g/mol. The van der Waals surface area contributed by atoms with Gasteiger partial charge in [0.05, 0.1) is 0 Å². The van der Waals surface area contributed by atoms with Crippen LogP contribution in [0.4, 0.5) is 5.82 Å². The molecule has 0 N–H and O–H groups in total. The van der Waals surface area contributed by atoms with Gasteiger partial charge in [0.2, 0.25) is 0 Å². The second kappa shape index (κ2) is 4.29. The highest BCUT2D eigenvalue weighted by atomic mass is 16.5. The zero-order valence-corrected chi connectivity index (χ0v) is 9.10. The lowest BCUT2D eigenvalue weighted by atomic mass is 10.3. The first kappa shape index (κ1) is 9.96. The summed E-state index contributed by atoms with van der Waals surface area (Å²) in [6.45, 7) is 6.65. The van der Waals surface area contributed by atoms with E-state index in [4.69, 9.17) is 4.74 Å². The molecule has 0 fully saturated rings. The van der Waals surface area contributed by atoms with Crippen LogP contribution in [0.2, 0.25) is 0 Å². The SMILES string of the molecule is CCN(CC)C1=Nc2ncccc2OC1. The van der Waals surface area contributed by atoms with Gasteiger partial charge in [-0.1, -0.05) is 0 Å². The largest absolute Gasteiger partial charge is 0.482 e. The van der Waals surface area contributed by atoms with E-state index in [-0.39, 0.29) is 0 Å². The molecule has 1 aromatic heterocycles. The Hall–Kier alpha value is -1.58. The van der Waals surface area contributed by atoms with Gasteiger partial charge in [-0.15, -0.1) is 0 Å². The number of ether oxygens (including phenoxy) is 1. The Bertz CT molecular complexity index is 372. The first-order valence-electron chi connectivity index (χ1n) is 5.25. The van der Waals surface area contributed by atoms with Crippen LogP contribution in [0.15, 0.2) is 23.3 Å². The summed E-state index contributed by atoms with van der Waals surface area (Å²) in [6.07, 6.45) is 1.73. The van der Waals surface area contributed by atoms with Gasteiger partial charge in [0, 0.05) is 19.3 Å². The van der Waals surface area contributed by atoms with Gasteiger partial charge in [0.15, 0.2) is 11.6 Å². The fraction of sp³-hybridized carbons (Fsp3) is 0.455. The number of hydrogen-bond donors (Lipinski definition) is 0. The van der Waals surface area contributed by atoms with Crippen molar-refractivity contribution >= 4 is 11.7 Å². The maximum Gasteiger partial charge on any atom is 0.196 e. The Balaban J connectivity index is 2.28. The minimum atomic E-state index is 0.542. The van der Waals surface area contributed by atoms with E-state index in [0.717, 1.165) is 24.7 Å². The van der Waals surface area contributed by atoms with Crippen molar-refractivity contribution in [2.24, 2.45) is 4.99 Å². The van der Waals surface area contributed by atoms with Crippen LogP contribution in [-0.4, -0.2) is 35.4 Å². The Kier molecular flexibility index (Phi) is 2.85. The first-order chi connectivity index (χ1) is 7.35. The summed E-state index contributed by atoms with van der Waals surface area (Å²) in [6, 6.07) is 3.75. The van der Waals surface area contributed by atoms with Crippen molar-refractivity contribution in [3.05, 3.63) is 18.3 Å². The van der Waals surface area contributed by atoms with Crippen molar-refractivity contribution in [1.82, 2.24) is 9.88 Å². The van der Waals surface area contributed by atoms with E-state index in [1.807, 2.05) is 12.1 Å². The third-order valence-corrected chi connectivity index (χ3v) is 2.47. The molecule has 80 valence electrons. The van der Waals surface area contributed by atoms with E-state index in [1.165, 1.54) is 0 Å². The Morgan fingerprint density at radius 3 is 2.93 bits per heavy atom. The number of pyridine rings is 1. The second-order valence-electron chi connectivity index (χ2n) is 3.31. The first-order valence-corrected chi connectivity index (χ1v) is 5.25. The minimum Gasteiger partial charge on any atom is -0.482 e. The molecule has 0 atom stereocenters. The van der Waals surface area contributed by atoms with Crippen molar-refractivity contribution in [1.29, 1.82) is 0 Å². The zero-order valence-electron chi connectivity index (χ0n) is 9.10. The summed E-state index contributed by atoms with van der Waals surface area (Å²) in [4.78, 5) is 10.9. The maximum atomic E-state index is 5.59. The van der Waals surface area contributed by atoms with E-state index in [2.05, 4.69) is 28.7 Å². The molecule has 0 bridgehead atoms. The molecule has 1 aliphatic heterocycles. The van der Waals surface area contributed by atoms with Gasteiger partial charge in [-0.3, -0.25) is 0 Å². The van der Waals surface area contributed by atoms with Gasteiger partial charge in [-0.05, 0) is 26.0 Å². The van der Waals surface area contributed by atoms with Crippen LogP contribution in [0.3, 0.4) is 0 Å². The van der Waals surface area contributed by atoms with Crippen LogP contribution in [0.25, 0.3) is 0 Å². The van der Waals surface area contributed by atoms with Crippen LogP contribution in [0.1, 0.15) is 13.8 Å².